The molecule has 4 rings (SSSR count). The number of aromatic nitrogens is 1. The van der Waals surface area contributed by atoms with Gasteiger partial charge in [-0.1, -0.05) is 42.5 Å². The van der Waals surface area contributed by atoms with Crippen molar-refractivity contribution in [1.82, 2.24) is 15.2 Å². The van der Waals surface area contributed by atoms with E-state index in [1.54, 1.807) is 36.5 Å². The van der Waals surface area contributed by atoms with Crippen molar-refractivity contribution in [2.75, 3.05) is 20.2 Å². The number of ether oxygens (including phenoxy) is 1. The first kappa shape index (κ1) is 20.6. The summed E-state index contributed by atoms with van der Waals surface area (Å²) in [5.41, 5.74) is 2.49. The van der Waals surface area contributed by atoms with Crippen LogP contribution in [-0.2, 0) is 11.3 Å². The van der Waals surface area contributed by atoms with E-state index in [-0.39, 0.29) is 23.7 Å². The van der Waals surface area contributed by atoms with Crippen molar-refractivity contribution < 1.29 is 14.3 Å². The monoisotopic (exact) mass is 415 g/mol. The molecule has 1 aliphatic heterocycles. The van der Waals surface area contributed by atoms with Gasteiger partial charge in [0.05, 0.1) is 13.0 Å². The third kappa shape index (κ3) is 4.58. The molecule has 0 radical (unpaired) electrons. The summed E-state index contributed by atoms with van der Waals surface area (Å²) in [5.74, 6) is 0.0519. The number of carbonyl (C=O) groups is 2. The van der Waals surface area contributed by atoms with Crippen LogP contribution in [0.5, 0.6) is 5.75 Å². The Labute approximate surface area is 181 Å². The van der Waals surface area contributed by atoms with Crippen molar-refractivity contribution in [3.63, 3.8) is 0 Å². The largest absolute Gasteiger partial charge is 0.496 e. The van der Waals surface area contributed by atoms with E-state index >= 15 is 0 Å². The van der Waals surface area contributed by atoms with Crippen molar-refractivity contribution in [2.45, 2.75) is 12.5 Å². The van der Waals surface area contributed by atoms with Gasteiger partial charge < -0.3 is 15.0 Å². The van der Waals surface area contributed by atoms with Gasteiger partial charge >= 0.3 is 0 Å². The number of carbonyl (C=O) groups excluding carboxylic acids is 2. The minimum Gasteiger partial charge on any atom is -0.496 e. The van der Waals surface area contributed by atoms with Crippen molar-refractivity contribution in [2.24, 2.45) is 5.92 Å². The average molecular weight is 415 g/mol. The molecule has 2 atom stereocenters. The molecule has 158 valence electrons. The number of hydrogen-bond acceptors (Lipinski definition) is 4. The zero-order chi connectivity index (χ0) is 21.6. The molecule has 1 saturated heterocycles. The molecule has 0 saturated carbocycles. The third-order valence-electron chi connectivity index (χ3n) is 5.69. The van der Waals surface area contributed by atoms with Crippen LogP contribution in [0.15, 0.2) is 79.1 Å². The molecule has 2 unspecified atom stereocenters. The third-order valence-corrected chi connectivity index (χ3v) is 5.69. The molecule has 1 N–H and O–H groups in total. The van der Waals surface area contributed by atoms with Crippen LogP contribution in [0.4, 0.5) is 0 Å². The molecule has 3 aromatic rings. The lowest BCUT2D eigenvalue weighted by Crippen LogP contribution is -2.35. The molecule has 31 heavy (non-hydrogen) atoms. The van der Waals surface area contributed by atoms with Gasteiger partial charge in [0.2, 0.25) is 5.91 Å². The standard InChI is InChI=1S/C25H25N3O3/c1-31-23-12-6-5-11-20(23)21-16-28(25(30)19-9-3-2-4-10-19)17-22(21)24(29)27-15-18-8-7-13-26-14-18/h2-14,21-22H,15-17H2,1H3,(H,27,29). The first-order chi connectivity index (χ1) is 15.2. The molecule has 0 spiro atoms. The van der Waals surface area contributed by atoms with Crippen LogP contribution in [0.3, 0.4) is 0 Å². The van der Waals surface area contributed by atoms with E-state index < -0.39 is 0 Å². The Kier molecular flexibility index (Phi) is 6.26. The first-order valence-corrected chi connectivity index (χ1v) is 10.3. The Bertz CT molecular complexity index is 1040. The van der Waals surface area contributed by atoms with Gasteiger partial charge in [-0.3, -0.25) is 14.6 Å². The molecule has 6 heteroatoms. The number of benzene rings is 2. The zero-order valence-corrected chi connectivity index (χ0v) is 17.4. The summed E-state index contributed by atoms with van der Waals surface area (Å²) >= 11 is 0. The smallest absolute Gasteiger partial charge is 0.253 e. The maximum absolute atomic E-state index is 13.2. The van der Waals surface area contributed by atoms with Gasteiger partial charge in [-0.15, -0.1) is 0 Å². The van der Waals surface area contributed by atoms with E-state index in [0.29, 0.717) is 25.2 Å². The second-order valence-corrected chi connectivity index (χ2v) is 7.61. The molecule has 2 amide bonds. The van der Waals surface area contributed by atoms with Crippen LogP contribution in [0.25, 0.3) is 0 Å². The highest BCUT2D eigenvalue weighted by Crippen LogP contribution is 2.38. The van der Waals surface area contributed by atoms with Crippen molar-refractivity contribution in [3.05, 3.63) is 95.8 Å². The van der Waals surface area contributed by atoms with E-state index in [9.17, 15) is 9.59 Å². The molecular weight excluding hydrogens is 390 g/mol. The highest BCUT2D eigenvalue weighted by molar-refractivity contribution is 5.95. The van der Waals surface area contributed by atoms with Crippen LogP contribution in [-0.4, -0.2) is 41.9 Å². The molecule has 0 bridgehead atoms. The second-order valence-electron chi connectivity index (χ2n) is 7.61. The Hall–Kier alpha value is -3.67. The van der Waals surface area contributed by atoms with Gasteiger partial charge in [0.1, 0.15) is 5.75 Å². The lowest BCUT2D eigenvalue weighted by atomic mass is 9.87. The number of pyridine rings is 1. The lowest BCUT2D eigenvalue weighted by Gasteiger charge is -2.20. The van der Waals surface area contributed by atoms with Gasteiger partial charge in [-0.2, -0.15) is 0 Å². The lowest BCUT2D eigenvalue weighted by molar-refractivity contribution is -0.125. The number of hydrogen-bond donors (Lipinski definition) is 1. The summed E-state index contributed by atoms with van der Waals surface area (Å²) < 4.78 is 5.55. The maximum atomic E-state index is 13.2. The Balaban J connectivity index is 1.58. The second kappa shape index (κ2) is 9.43. The number of rotatable bonds is 6. The summed E-state index contributed by atoms with van der Waals surface area (Å²) in [6.07, 6.45) is 3.44. The normalized spacial score (nSPS) is 17.9. The van der Waals surface area contributed by atoms with Crippen molar-refractivity contribution in [3.8, 4) is 5.75 Å². The quantitative estimate of drug-likeness (QED) is 0.671. The van der Waals surface area contributed by atoms with E-state index in [2.05, 4.69) is 10.3 Å². The predicted octanol–water partition coefficient (Wildman–Crippen LogP) is 3.26. The Morgan fingerprint density at radius 3 is 2.55 bits per heavy atom. The molecule has 1 fully saturated rings. The van der Waals surface area contributed by atoms with Crippen LogP contribution >= 0.6 is 0 Å². The van der Waals surface area contributed by atoms with E-state index in [1.807, 2.05) is 54.6 Å². The SMILES string of the molecule is COc1ccccc1C1CN(C(=O)c2ccccc2)CC1C(=O)NCc1cccnc1. The molecule has 2 heterocycles. The number of para-hydroxylation sites is 1. The fourth-order valence-corrected chi connectivity index (χ4v) is 4.11. The summed E-state index contributed by atoms with van der Waals surface area (Å²) in [6, 6.07) is 20.6. The number of likely N-dealkylation sites (tertiary alicyclic amines) is 1. The molecule has 1 aliphatic rings. The van der Waals surface area contributed by atoms with Gasteiger partial charge in [-0.25, -0.2) is 0 Å². The molecule has 1 aromatic heterocycles. The van der Waals surface area contributed by atoms with Crippen molar-refractivity contribution in [1.29, 1.82) is 0 Å². The molecular formula is C25H25N3O3. The Morgan fingerprint density at radius 1 is 1.03 bits per heavy atom. The number of amides is 2. The average Bonchev–Trinajstić information content (AvgIpc) is 3.28. The summed E-state index contributed by atoms with van der Waals surface area (Å²) in [4.78, 5) is 32.1. The summed E-state index contributed by atoms with van der Waals surface area (Å²) in [6.45, 7) is 1.21. The van der Waals surface area contributed by atoms with Gasteiger partial charge in [-0.05, 0) is 35.4 Å². The minimum absolute atomic E-state index is 0.0666. The van der Waals surface area contributed by atoms with Gasteiger partial charge in [0.25, 0.3) is 5.91 Å². The minimum atomic E-state index is -0.374. The molecule has 6 nitrogen and oxygen atoms in total. The number of nitrogens with one attached hydrogen (secondary N) is 1. The topological polar surface area (TPSA) is 71.5 Å². The highest BCUT2D eigenvalue weighted by atomic mass is 16.5. The zero-order valence-electron chi connectivity index (χ0n) is 17.4. The fourth-order valence-electron chi connectivity index (χ4n) is 4.11. The van der Waals surface area contributed by atoms with E-state index in [4.69, 9.17) is 4.74 Å². The van der Waals surface area contributed by atoms with Crippen LogP contribution in [0.1, 0.15) is 27.4 Å². The Morgan fingerprint density at radius 2 is 1.81 bits per heavy atom. The van der Waals surface area contributed by atoms with Crippen molar-refractivity contribution >= 4 is 11.8 Å². The van der Waals surface area contributed by atoms with Crippen LogP contribution in [0.2, 0.25) is 0 Å². The van der Waals surface area contributed by atoms with Gasteiger partial charge in [0, 0.05) is 43.5 Å². The van der Waals surface area contributed by atoms with Crippen LogP contribution < -0.4 is 10.1 Å². The summed E-state index contributed by atoms with van der Waals surface area (Å²) in [7, 11) is 1.62. The number of methoxy groups -OCH3 is 1. The predicted molar refractivity (Wildman–Crippen MR) is 118 cm³/mol. The van der Waals surface area contributed by atoms with E-state index in [1.165, 1.54) is 0 Å². The highest BCUT2D eigenvalue weighted by Gasteiger charge is 2.41. The van der Waals surface area contributed by atoms with Crippen LogP contribution in [0, 0.1) is 5.92 Å². The van der Waals surface area contributed by atoms with E-state index in [0.717, 1.165) is 16.9 Å². The van der Waals surface area contributed by atoms with Gasteiger partial charge in [0.15, 0.2) is 0 Å². The first-order valence-electron chi connectivity index (χ1n) is 10.3. The molecule has 2 aromatic carbocycles. The fraction of sp³-hybridized carbons (Fsp3) is 0.240. The summed E-state index contributed by atoms with van der Waals surface area (Å²) in [5, 5.41) is 3.02. The number of nitrogens with zero attached hydrogens (tertiary/aromatic N) is 2. The molecule has 0 aliphatic carbocycles. The maximum Gasteiger partial charge on any atom is 0.253 e.